The first kappa shape index (κ1) is 9.38. The summed E-state index contributed by atoms with van der Waals surface area (Å²) >= 11 is 3.77. The first-order valence-electron chi connectivity index (χ1n) is 3.17. The highest BCUT2D eigenvalue weighted by atomic mass is 32.1. The normalized spacial score (nSPS) is 11.7. The van der Waals surface area contributed by atoms with Gasteiger partial charge < -0.3 is 0 Å². The number of pyridine rings is 1. The summed E-state index contributed by atoms with van der Waals surface area (Å²) in [6, 6.07) is 2.82. The van der Waals surface area contributed by atoms with Gasteiger partial charge in [0.2, 0.25) is 0 Å². The molecule has 0 fully saturated rings. The van der Waals surface area contributed by atoms with Gasteiger partial charge in [-0.15, -0.1) is 0 Å². The summed E-state index contributed by atoms with van der Waals surface area (Å²) < 4.78 is 36.4. The van der Waals surface area contributed by atoms with E-state index in [2.05, 4.69) is 17.6 Å². The van der Waals surface area contributed by atoms with Gasteiger partial charge in [-0.25, -0.2) is 0 Å². The Kier molecular flexibility index (Phi) is 2.62. The highest BCUT2D eigenvalue weighted by Crippen LogP contribution is 2.30. The monoisotopic (exact) mass is 193 g/mol. The van der Waals surface area contributed by atoms with Crippen molar-refractivity contribution in [1.82, 2.24) is 4.98 Å². The molecule has 0 aromatic carbocycles. The molecule has 0 aliphatic carbocycles. The molecule has 1 heterocycles. The summed E-state index contributed by atoms with van der Waals surface area (Å²) in [5.74, 6) is 0.0443. The number of aromatic nitrogens is 1. The van der Waals surface area contributed by atoms with Crippen LogP contribution >= 0.6 is 12.6 Å². The molecule has 5 heteroatoms. The Hall–Kier alpha value is -0.710. The van der Waals surface area contributed by atoms with Gasteiger partial charge in [0, 0.05) is 11.9 Å². The van der Waals surface area contributed by atoms with E-state index in [9.17, 15) is 13.2 Å². The van der Waals surface area contributed by atoms with Gasteiger partial charge in [0.05, 0.1) is 0 Å². The fourth-order valence-electron chi connectivity index (χ4n) is 0.821. The minimum absolute atomic E-state index is 0.0443. The van der Waals surface area contributed by atoms with E-state index in [0.29, 0.717) is 0 Å². The molecule has 12 heavy (non-hydrogen) atoms. The molecule has 0 bridgehead atoms. The second kappa shape index (κ2) is 3.35. The van der Waals surface area contributed by atoms with Crippen LogP contribution in [0.25, 0.3) is 0 Å². The summed E-state index contributed by atoms with van der Waals surface area (Å²) in [6.45, 7) is 0. The molecule has 1 aromatic heterocycles. The second-order valence-electron chi connectivity index (χ2n) is 2.17. The fraction of sp³-hybridized carbons (Fsp3) is 0.286. The summed E-state index contributed by atoms with van der Waals surface area (Å²) in [5.41, 5.74) is -0.742. The zero-order valence-corrected chi connectivity index (χ0v) is 6.86. The number of thiol groups is 1. The fourth-order valence-corrected chi connectivity index (χ4v) is 1.08. The molecule has 0 unspecified atom stereocenters. The van der Waals surface area contributed by atoms with Crippen LogP contribution in [0.4, 0.5) is 13.2 Å². The SMILES string of the molecule is FC(F)(F)c1ncccc1CS. The van der Waals surface area contributed by atoms with Crippen molar-refractivity contribution in [2.45, 2.75) is 11.9 Å². The lowest BCUT2D eigenvalue weighted by Crippen LogP contribution is -2.10. The van der Waals surface area contributed by atoms with Crippen molar-refractivity contribution in [2.24, 2.45) is 0 Å². The third-order valence-corrected chi connectivity index (χ3v) is 1.67. The van der Waals surface area contributed by atoms with Gasteiger partial charge in [-0.3, -0.25) is 4.98 Å². The number of nitrogens with zero attached hydrogens (tertiary/aromatic N) is 1. The molecule has 1 rings (SSSR count). The van der Waals surface area contributed by atoms with Crippen molar-refractivity contribution in [3.63, 3.8) is 0 Å². The minimum Gasteiger partial charge on any atom is -0.251 e. The van der Waals surface area contributed by atoms with Crippen LogP contribution in [0.3, 0.4) is 0 Å². The first-order valence-corrected chi connectivity index (χ1v) is 3.81. The molecular weight excluding hydrogens is 187 g/mol. The summed E-state index contributed by atoms with van der Waals surface area (Å²) in [4.78, 5) is 3.25. The maximum atomic E-state index is 12.1. The van der Waals surface area contributed by atoms with Crippen molar-refractivity contribution in [3.8, 4) is 0 Å². The smallest absolute Gasteiger partial charge is 0.251 e. The van der Waals surface area contributed by atoms with E-state index in [0.717, 1.165) is 6.20 Å². The van der Waals surface area contributed by atoms with Crippen LogP contribution in [-0.4, -0.2) is 4.98 Å². The Bertz CT molecular complexity index is 272. The number of halogens is 3. The van der Waals surface area contributed by atoms with Gasteiger partial charge in [0.15, 0.2) is 0 Å². The Morgan fingerprint density at radius 3 is 2.50 bits per heavy atom. The lowest BCUT2D eigenvalue weighted by molar-refractivity contribution is -0.141. The molecule has 1 nitrogen and oxygen atoms in total. The highest BCUT2D eigenvalue weighted by molar-refractivity contribution is 7.79. The van der Waals surface area contributed by atoms with E-state index in [-0.39, 0.29) is 11.3 Å². The molecular formula is C7H6F3NS. The second-order valence-corrected chi connectivity index (χ2v) is 2.48. The van der Waals surface area contributed by atoms with Crippen LogP contribution in [0.1, 0.15) is 11.3 Å². The van der Waals surface area contributed by atoms with Crippen molar-refractivity contribution in [1.29, 1.82) is 0 Å². The largest absolute Gasteiger partial charge is 0.433 e. The number of rotatable bonds is 1. The zero-order chi connectivity index (χ0) is 9.19. The molecule has 1 aromatic rings. The minimum atomic E-state index is -4.38. The van der Waals surface area contributed by atoms with Crippen LogP contribution in [0.2, 0.25) is 0 Å². The van der Waals surface area contributed by atoms with E-state index >= 15 is 0 Å². The average Bonchev–Trinajstić information content (AvgIpc) is 2.03. The van der Waals surface area contributed by atoms with Crippen molar-refractivity contribution in [2.75, 3.05) is 0 Å². The average molecular weight is 193 g/mol. The summed E-state index contributed by atoms with van der Waals surface area (Å²) in [7, 11) is 0. The molecule has 66 valence electrons. The zero-order valence-electron chi connectivity index (χ0n) is 5.97. The maximum Gasteiger partial charge on any atom is 0.433 e. The van der Waals surface area contributed by atoms with Crippen molar-refractivity contribution in [3.05, 3.63) is 29.6 Å². The van der Waals surface area contributed by atoms with Gasteiger partial charge in [-0.1, -0.05) is 6.07 Å². The molecule has 0 spiro atoms. The van der Waals surface area contributed by atoms with Gasteiger partial charge in [-0.2, -0.15) is 25.8 Å². The maximum absolute atomic E-state index is 12.1. The molecule has 0 aliphatic heterocycles. The van der Waals surface area contributed by atoms with Gasteiger partial charge in [-0.05, 0) is 11.6 Å². The molecule has 0 atom stereocenters. The summed E-state index contributed by atoms with van der Waals surface area (Å²) in [6.07, 6.45) is -3.25. The predicted molar refractivity (Wildman–Crippen MR) is 41.9 cm³/mol. The van der Waals surface area contributed by atoms with E-state index in [1.54, 1.807) is 0 Å². The number of hydrogen-bond donors (Lipinski definition) is 1. The Balaban J connectivity index is 3.14. The van der Waals surface area contributed by atoms with Crippen LogP contribution in [0.15, 0.2) is 18.3 Å². The lowest BCUT2D eigenvalue weighted by atomic mass is 10.2. The van der Waals surface area contributed by atoms with E-state index in [1.807, 2.05) is 0 Å². The molecule has 0 saturated carbocycles. The van der Waals surface area contributed by atoms with Crippen molar-refractivity contribution >= 4 is 12.6 Å². The van der Waals surface area contributed by atoms with E-state index in [1.165, 1.54) is 12.1 Å². The van der Waals surface area contributed by atoms with Gasteiger partial charge >= 0.3 is 6.18 Å². The third-order valence-electron chi connectivity index (χ3n) is 1.33. The lowest BCUT2D eigenvalue weighted by Gasteiger charge is -2.08. The Morgan fingerprint density at radius 2 is 2.08 bits per heavy atom. The third kappa shape index (κ3) is 1.91. The first-order chi connectivity index (χ1) is 5.55. The van der Waals surface area contributed by atoms with Crippen LogP contribution in [0.5, 0.6) is 0 Å². The number of alkyl halides is 3. The molecule has 0 aliphatic rings. The van der Waals surface area contributed by atoms with E-state index < -0.39 is 11.9 Å². The standard InChI is InChI=1S/C7H6F3NS/c8-7(9,10)6-5(4-12)2-1-3-11-6/h1-3,12H,4H2. The van der Waals surface area contributed by atoms with Gasteiger partial charge in [0.25, 0.3) is 0 Å². The Morgan fingerprint density at radius 1 is 1.42 bits per heavy atom. The molecule has 0 N–H and O–H groups in total. The van der Waals surface area contributed by atoms with Crippen LogP contribution in [-0.2, 0) is 11.9 Å². The van der Waals surface area contributed by atoms with Crippen LogP contribution in [0, 0.1) is 0 Å². The highest BCUT2D eigenvalue weighted by Gasteiger charge is 2.34. The van der Waals surface area contributed by atoms with E-state index in [4.69, 9.17) is 0 Å². The molecule has 0 amide bonds. The quantitative estimate of drug-likeness (QED) is 0.676. The Labute approximate surface area is 73.0 Å². The van der Waals surface area contributed by atoms with Crippen LogP contribution < -0.4 is 0 Å². The predicted octanol–water partition coefficient (Wildman–Crippen LogP) is 2.53. The van der Waals surface area contributed by atoms with Gasteiger partial charge in [0.1, 0.15) is 5.69 Å². The van der Waals surface area contributed by atoms with Crippen molar-refractivity contribution < 1.29 is 13.2 Å². The summed E-state index contributed by atoms with van der Waals surface area (Å²) in [5, 5.41) is 0. The molecule has 0 saturated heterocycles. The molecule has 0 radical (unpaired) electrons. The number of hydrogen-bond acceptors (Lipinski definition) is 2. The topological polar surface area (TPSA) is 12.9 Å².